The van der Waals surface area contributed by atoms with Crippen LogP contribution in [0.25, 0.3) is 0 Å². The maximum Gasteiger partial charge on any atom is 1.00 e. The van der Waals surface area contributed by atoms with Crippen LogP contribution in [0.3, 0.4) is 0 Å². The predicted octanol–water partition coefficient (Wildman–Crippen LogP) is -5.57. The van der Waals surface area contributed by atoms with E-state index in [0.717, 1.165) is 0 Å². The zero-order valence-corrected chi connectivity index (χ0v) is 3.69. The van der Waals surface area contributed by atoms with Gasteiger partial charge in [0.1, 0.15) is 0 Å². The first-order valence-corrected chi connectivity index (χ1v) is 0. The summed E-state index contributed by atoms with van der Waals surface area (Å²) in [6.07, 6.45) is 0. The van der Waals surface area contributed by atoms with E-state index < -0.39 is 0 Å². The van der Waals surface area contributed by atoms with Gasteiger partial charge in [-0.15, -0.1) is 0 Å². The maximum absolute atomic E-state index is 0. The number of halogens is 3. The van der Waals surface area contributed by atoms with E-state index >= 15 is 0 Å². The van der Waals surface area contributed by atoms with Crippen molar-refractivity contribution in [2.75, 3.05) is 0 Å². The van der Waals surface area contributed by atoms with Crippen LogP contribution in [-0.4, -0.2) is 0 Å². The van der Waals surface area contributed by atoms with Gasteiger partial charge < -0.3 is 4.70 Å². The minimum absolute atomic E-state index is 0. The molecule has 0 amide bonds. The maximum atomic E-state index is 0. The van der Waals surface area contributed by atoms with E-state index in [-0.39, 0.29) is 46.5 Å². The van der Waals surface area contributed by atoms with Gasteiger partial charge in [0.25, 0.3) is 0 Å². The Bertz CT molecular complexity index is 6.85. The Balaban J connectivity index is 0. The molecule has 0 fully saturated rings. The third kappa shape index (κ3) is 65.3. The Morgan fingerprint density at radius 2 is 0.800 bits per heavy atom. The van der Waals surface area contributed by atoms with Crippen molar-refractivity contribution in [1.82, 2.24) is 0 Å². The molecule has 5 heteroatoms. The van der Waals surface area contributed by atoms with Gasteiger partial charge in [0, 0.05) is 0 Å². The van der Waals surface area contributed by atoms with Gasteiger partial charge in [-0.25, -0.2) is 0 Å². The van der Waals surface area contributed by atoms with Crippen LogP contribution in [0.15, 0.2) is 0 Å². The SMILES string of the molecule is F.F.S.[F-].[Li+]. The molecule has 0 radical (unpaired) electrons. The van der Waals surface area contributed by atoms with Crippen LogP contribution in [0, 0.1) is 0 Å². The Morgan fingerprint density at radius 1 is 0.800 bits per heavy atom. The quantitative estimate of drug-likeness (QED) is 0.266. The Hall–Kier alpha value is 0.737. The van der Waals surface area contributed by atoms with Gasteiger partial charge in [-0.3, -0.25) is 9.41 Å². The van der Waals surface area contributed by atoms with Gasteiger partial charge in [0.15, 0.2) is 0 Å². The summed E-state index contributed by atoms with van der Waals surface area (Å²) in [5.74, 6) is 0. The van der Waals surface area contributed by atoms with Crippen LogP contribution in [0.1, 0.15) is 0 Å². The van der Waals surface area contributed by atoms with Crippen molar-refractivity contribution in [3.63, 3.8) is 0 Å². The second kappa shape index (κ2) is 122. The fourth-order valence-electron chi connectivity index (χ4n) is 0. The zero-order chi connectivity index (χ0) is 0. The molecule has 0 aliphatic carbocycles. The van der Waals surface area contributed by atoms with Crippen LogP contribution in [0.2, 0.25) is 0 Å². The molecule has 0 heterocycles. The molecule has 0 bridgehead atoms. The summed E-state index contributed by atoms with van der Waals surface area (Å²) >= 11 is 0. The molecular weight excluding hydrogens is 96.0 g/mol. The van der Waals surface area contributed by atoms with Crippen molar-refractivity contribution in [1.29, 1.82) is 0 Å². The normalized spacial score (nSPS) is 0. The average Bonchev–Trinajstić information content (AvgIpc) is 0. The summed E-state index contributed by atoms with van der Waals surface area (Å²) in [7, 11) is 0. The van der Waals surface area contributed by atoms with Gasteiger partial charge >= 0.3 is 18.9 Å². The molecule has 0 saturated heterocycles. The summed E-state index contributed by atoms with van der Waals surface area (Å²) in [5, 5.41) is 0. The molecule has 0 aliphatic heterocycles. The number of rotatable bonds is 0. The number of hydrogen-bond acceptors (Lipinski definition) is 0. The minimum atomic E-state index is 0. The molecule has 5 heavy (non-hydrogen) atoms. The summed E-state index contributed by atoms with van der Waals surface area (Å²) in [4.78, 5) is 0. The first-order valence-electron chi connectivity index (χ1n) is 0. The molecule has 0 aromatic carbocycles. The fraction of sp³-hybridized carbons (Fsp3) is 0. The second-order valence-electron chi connectivity index (χ2n) is 0. The minimum Gasteiger partial charge on any atom is -1.00 e. The smallest absolute Gasteiger partial charge is 1.00 e. The molecule has 0 atom stereocenters. The van der Waals surface area contributed by atoms with Gasteiger partial charge in [0.05, 0.1) is 0 Å². The van der Waals surface area contributed by atoms with Gasteiger partial charge in [-0.05, 0) is 0 Å². The first-order chi connectivity index (χ1) is 0. The summed E-state index contributed by atoms with van der Waals surface area (Å²) in [6.45, 7) is 0. The monoisotopic (exact) mass is 100 g/mol. The van der Waals surface area contributed by atoms with Crippen LogP contribution in [-0.2, 0) is 0 Å². The molecule has 0 aliphatic rings. The van der Waals surface area contributed by atoms with Crippen molar-refractivity contribution < 1.29 is 33.0 Å². The van der Waals surface area contributed by atoms with E-state index in [9.17, 15) is 0 Å². The van der Waals surface area contributed by atoms with E-state index in [0.29, 0.717) is 0 Å². The third-order valence-electron chi connectivity index (χ3n) is 0. The zero-order valence-electron chi connectivity index (χ0n) is 2.69. The molecule has 0 spiro atoms. The molecule has 0 nitrogen and oxygen atoms in total. The van der Waals surface area contributed by atoms with Crippen molar-refractivity contribution in [2.24, 2.45) is 0 Å². The second-order valence-corrected chi connectivity index (χ2v) is 0. The van der Waals surface area contributed by atoms with Crippen molar-refractivity contribution >= 4 is 13.5 Å². The Kier molecular flexibility index (Phi) is 5760. The summed E-state index contributed by atoms with van der Waals surface area (Å²) < 4.78 is 0. The molecule has 0 aromatic rings. The average molecular weight is 100 g/mol. The van der Waals surface area contributed by atoms with E-state index in [4.69, 9.17) is 0 Å². The first kappa shape index (κ1) is 237. The summed E-state index contributed by atoms with van der Waals surface area (Å²) in [6, 6.07) is 0. The van der Waals surface area contributed by atoms with E-state index in [2.05, 4.69) is 0 Å². The van der Waals surface area contributed by atoms with Crippen molar-refractivity contribution in [3.05, 3.63) is 0 Å². The predicted molar refractivity (Wildman–Crippen MR) is 15.4 cm³/mol. The van der Waals surface area contributed by atoms with Gasteiger partial charge in [-0.1, -0.05) is 0 Å². The molecule has 0 N–H and O–H groups in total. The van der Waals surface area contributed by atoms with E-state index in [1.807, 2.05) is 0 Å². The van der Waals surface area contributed by atoms with Crippen LogP contribution in [0.4, 0.5) is 9.41 Å². The molecule has 0 aromatic heterocycles. The molecule has 0 saturated carbocycles. The standard InChI is InChI=1S/3FH.Li.H2S/h3*1H;;1H2/q;;;+1;/p-1. The Morgan fingerprint density at radius 3 is 0.800 bits per heavy atom. The van der Waals surface area contributed by atoms with Gasteiger partial charge in [0.2, 0.25) is 0 Å². The van der Waals surface area contributed by atoms with E-state index in [1.165, 1.54) is 0 Å². The molecule has 0 unspecified atom stereocenters. The third-order valence-corrected chi connectivity index (χ3v) is 0. The topological polar surface area (TPSA) is 0 Å². The Labute approximate surface area is 47.0 Å². The van der Waals surface area contributed by atoms with Crippen molar-refractivity contribution in [2.45, 2.75) is 0 Å². The largest absolute Gasteiger partial charge is 1.00 e. The summed E-state index contributed by atoms with van der Waals surface area (Å²) in [5.41, 5.74) is 0. The molecule has 32 valence electrons. The number of hydrogen-bond donors (Lipinski definition) is 0. The van der Waals surface area contributed by atoms with Crippen LogP contribution < -0.4 is 23.6 Å². The van der Waals surface area contributed by atoms with Crippen LogP contribution >= 0.6 is 13.5 Å². The molecule has 0 rings (SSSR count). The van der Waals surface area contributed by atoms with Crippen molar-refractivity contribution in [3.8, 4) is 0 Å². The van der Waals surface area contributed by atoms with Crippen LogP contribution in [0.5, 0.6) is 0 Å². The van der Waals surface area contributed by atoms with E-state index in [1.54, 1.807) is 0 Å². The van der Waals surface area contributed by atoms with Gasteiger partial charge in [-0.2, -0.15) is 13.5 Å². The molecular formula is H4F3LiS. The fourth-order valence-corrected chi connectivity index (χ4v) is 0.